The van der Waals surface area contributed by atoms with Gasteiger partial charge in [-0.3, -0.25) is 0 Å². The van der Waals surface area contributed by atoms with Crippen LogP contribution in [0.5, 0.6) is 0 Å². The van der Waals surface area contributed by atoms with E-state index in [-0.39, 0.29) is 5.82 Å². The number of rotatable bonds is 4. The predicted octanol–water partition coefficient (Wildman–Crippen LogP) is 3.00. The Labute approximate surface area is 78.5 Å². The number of hydrogen-bond donors (Lipinski definition) is 0. The zero-order valence-corrected chi connectivity index (χ0v) is 8.09. The van der Waals surface area contributed by atoms with Gasteiger partial charge in [0.15, 0.2) is 0 Å². The topological polar surface area (TPSA) is 9.23 Å². The minimum Gasteiger partial charge on any atom is -0.376 e. The van der Waals surface area contributed by atoms with Crippen molar-refractivity contribution >= 4 is 0 Å². The van der Waals surface area contributed by atoms with E-state index >= 15 is 0 Å². The van der Waals surface area contributed by atoms with Gasteiger partial charge in [0, 0.05) is 12.2 Å². The molecule has 0 aliphatic carbocycles. The molecule has 0 bridgehead atoms. The van der Waals surface area contributed by atoms with Crippen molar-refractivity contribution in [2.75, 3.05) is 6.61 Å². The van der Waals surface area contributed by atoms with E-state index in [0.717, 1.165) is 0 Å². The summed E-state index contributed by atoms with van der Waals surface area (Å²) in [5.41, 5.74) is 0.628. The molecule has 0 unspecified atom stereocenters. The summed E-state index contributed by atoms with van der Waals surface area (Å²) in [5, 5.41) is 0. The number of ether oxygens (including phenoxy) is 1. The van der Waals surface area contributed by atoms with Gasteiger partial charge in [-0.05, 0) is 12.0 Å². The van der Waals surface area contributed by atoms with Gasteiger partial charge in [0.2, 0.25) is 0 Å². The predicted molar refractivity (Wildman–Crippen MR) is 50.9 cm³/mol. The van der Waals surface area contributed by atoms with Gasteiger partial charge in [-0.1, -0.05) is 32.0 Å². The molecule has 0 saturated carbocycles. The van der Waals surface area contributed by atoms with Gasteiger partial charge < -0.3 is 4.74 Å². The summed E-state index contributed by atoms with van der Waals surface area (Å²) in [6, 6.07) is 6.70. The Balaban J connectivity index is 2.41. The monoisotopic (exact) mass is 182 g/mol. The zero-order valence-electron chi connectivity index (χ0n) is 8.09. The van der Waals surface area contributed by atoms with Crippen LogP contribution in [-0.4, -0.2) is 6.61 Å². The van der Waals surface area contributed by atoms with E-state index in [1.165, 1.54) is 6.07 Å². The fourth-order valence-corrected chi connectivity index (χ4v) is 1.02. The minimum absolute atomic E-state index is 0.189. The summed E-state index contributed by atoms with van der Waals surface area (Å²) in [7, 11) is 0. The molecular formula is C11H15FO. The first-order valence-electron chi connectivity index (χ1n) is 4.51. The largest absolute Gasteiger partial charge is 0.376 e. The molecule has 0 N–H and O–H groups in total. The lowest BCUT2D eigenvalue weighted by molar-refractivity contribution is 0.0950. The summed E-state index contributed by atoms with van der Waals surface area (Å²) in [6.45, 7) is 5.18. The van der Waals surface area contributed by atoms with E-state index in [1.54, 1.807) is 12.1 Å². The SMILES string of the molecule is CC(C)COCc1ccccc1F. The fourth-order valence-electron chi connectivity index (χ4n) is 1.02. The van der Waals surface area contributed by atoms with Gasteiger partial charge in [-0.15, -0.1) is 0 Å². The van der Waals surface area contributed by atoms with E-state index in [4.69, 9.17) is 4.74 Å². The van der Waals surface area contributed by atoms with Crippen molar-refractivity contribution in [3.8, 4) is 0 Å². The molecule has 0 spiro atoms. The Hall–Kier alpha value is -0.890. The zero-order chi connectivity index (χ0) is 9.68. The lowest BCUT2D eigenvalue weighted by atomic mass is 10.2. The Morgan fingerprint density at radius 1 is 1.31 bits per heavy atom. The van der Waals surface area contributed by atoms with Crippen LogP contribution in [0.2, 0.25) is 0 Å². The molecule has 1 aromatic carbocycles. The van der Waals surface area contributed by atoms with Crippen LogP contribution in [0.3, 0.4) is 0 Å². The Kier molecular flexibility index (Phi) is 3.90. The first kappa shape index (κ1) is 10.2. The average Bonchev–Trinajstić information content (AvgIpc) is 2.08. The molecule has 1 nitrogen and oxygen atoms in total. The van der Waals surface area contributed by atoms with E-state index < -0.39 is 0 Å². The summed E-state index contributed by atoms with van der Waals surface area (Å²) in [6.07, 6.45) is 0. The van der Waals surface area contributed by atoms with Gasteiger partial charge >= 0.3 is 0 Å². The Morgan fingerprint density at radius 3 is 2.62 bits per heavy atom. The maximum absolute atomic E-state index is 13.0. The van der Waals surface area contributed by atoms with Gasteiger partial charge in [0.05, 0.1) is 6.61 Å². The maximum Gasteiger partial charge on any atom is 0.128 e. The Morgan fingerprint density at radius 2 is 2.00 bits per heavy atom. The van der Waals surface area contributed by atoms with Gasteiger partial charge in [-0.25, -0.2) is 4.39 Å². The summed E-state index contributed by atoms with van der Waals surface area (Å²) < 4.78 is 18.4. The number of hydrogen-bond acceptors (Lipinski definition) is 1. The van der Waals surface area contributed by atoms with Crippen molar-refractivity contribution in [1.82, 2.24) is 0 Å². The normalized spacial score (nSPS) is 10.8. The van der Waals surface area contributed by atoms with Crippen LogP contribution < -0.4 is 0 Å². The van der Waals surface area contributed by atoms with Crippen LogP contribution in [0.25, 0.3) is 0 Å². The molecule has 0 heterocycles. The van der Waals surface area contributed by atoms with Gasteiger partial charge in [0.1, 0.15) is 5.82 Å². The molecule has 0 fully saturated rings. The van der Waals surface area contributed by atoms with Crippen molar-refractivity contribution < 1.29 is 9.13 Å². The van der Waals surface area contributed by atoms with Gasteiger partial charge in [-0.2, -0.15) is 0 Å². The van der Waals surface area contributed by atoms with Crippen molar-refractivity contribution in [1.29, 1.82) is 0 Å². The molecule has 0 aromatic heterocycles. The van der Waals surface area contributed by atoms with Crippen molar-refractivity contribution in [3.63, 3.8) is 0 Å². The third-order valence-electron chi connectivity index (χ3n) is 1.67. The molecule has 0 aliphatic heterocycles. The molecule has 2 heteroatoms. The minimum atomic E-state index is -0.189. The second-order valence-electron chi connectivity index (χ2n) is 3.50. The molecule has 0 aliphatic rings. The van der Waals surface area contributed by atoms with Crippen molar-refractivity contribution in [2.24, 2.45) is 5.92 Å². The van der Waals surface area contributed by atoms with Crippen LogP contribution in [0.15, 0.2) is 24.3 Å². The molecule has 0 amide bonds. The highest BCUT2D eigenvalue weighted by molar-refractivity contribution is 5.16. The van der Waals surface area contributed by atoms with Crippen molar-refractivity contribution in [2.45, 2.75) is 20.5 Å². The second-order valence-corrected chi connectivity index (χ2v) is 3.50. The Bertz CT molecular complexity index is 258. The lowest BCUT2D eigenvalue weighted by Crippen LogP contribution is -2.02. The van der Waals surface area contributed by atoms with E-state index in [9.17, 15) is 4.39 Å². The third kappa shape index (κ3) is 3.55. The van der Waals surface area contributed by atoms with Crippen LogP contribution in [-0.2, 0) is 11.3 Å². The van der Waals surface area contributed by atoms with Crippen LogP contribution in [0.4, 0.5) is 4.39 Å². The molecule has 1 aromatic rings. The summed E-state index contributed by atoms with van der Waals surface area (Å²) in [5.74, 6) is 0.304. The molecule has 13 heavy (non-hydrogen) atoms. The number of halogens is 1. The first-order valence-corrected chi connectivity index (χ1v) is 4.51. The maximum atomic E-state index is 13.0. The highest BCUT2D eigenvalue weighted by atomic mass is 19.1. The molecular weight excluding hydrogens is 167 g/mol. The molecule has 0 radical (unpaired) electrons. The van der Waals surface area contributed by atoms with Crippen LogP contribution in [0, 0.1) is 11.7 Å². The van der Waals surface area contributed by atoms with E-state index in [0.29, 0.717) is 24.7 Å². The van der Waals surface area contributed by atoms with E-state index in [2.05, 4.69) is 13.8 Å². The van der Waals surface area contributed by atoms with Gasteiger partial charge in [0.25, 0.3) is 0 Å². The first-order chi connectivity index (χ1) is 6.20. The molecule has 1 rings (SSSR count). The standard InChI is InChI=1S/C11H15FO/c1-9(2)7-13-8-10-5-3-4-6-11(10)12/h3-6,9H,7-8H2,1-2H3. The van der Waals surface area contributed by atoms with Crippen LogP contribution in [0.1, 0.15) is 19.4 Å². The quantitative estimate of drug-likeness (QED) is 0.695. The second kappa shape index (κ2) is 4.97. The third-order valence-corrected chi connectivity index (χ3v) is 1.67. The van der Waals surface area contributed by atoms with E-state index in [1.807, 2.05) is 6.07 Å². The average molecular weight is 182 g/mol. The molecule has 72 valence electrons. The summed E-state index contributed by atoms with van der Waals surface area (Å²) >= 11 is 0. The molecule has 0 atom stereocenters. The smallest absolute Gasteiger partial charge is 0.128 e. The van der Waals surface area contributed by atoms with Crippen molar-refractivity contribution in [3.05, 3.63) is 35.6 Å². The lowest BCUT2D eigenvalue weighted by Gasteiger charge is -2.07. The summed E-state index contributed by atoms with van der Waals surface area (Å²) in [4.78, 5) is 0. The highest BCUT2D eigenvalue weighted by Gasteiger charge is 2.00. The fraction of sp³-hybridized carbons (Fsp3) is 0.455. The highest BCUT2D eigenvalue weighted by Crippen LogP contribution is 2.08. The number of benzene rings is 1. The molecule has 0 saturated heterocycles. The van der Waals surface area contributed by atoms with Crippen LogP contribution >= 0.6 is 0 Å².